The zero-order chi connectivity index (χ0) is 12.8. The second-order valence-corrected chi connectivity index (χ2v) is 4.63. The average molecular weight is 253 g/mol. The first-order valence-corrected chi connectivity index (χ1v) is 6.41. The van der Waals surface area contributed by atoms with Crippen LogP contribution in [0.25, 0.3) is 0 Å². The molecule has 4 heteroatoms. The van der Waals surface area contributed by atoms with Crippen molar-refractivity contribution in [2.75, 3.05) is 26.9 Å². The van der Waals surface area contributed by atoms with Crippen LogP contribution < -0.4 is 10.1 Å². The highest BCUT2D eigenvalue weighted by atomic mass is 19.1. The highest BCUT2D eigenvalue weighted by Gasteiger charge is 2.14. The maximum absolute atomic E-state index is 13.8. The number of rotatable bonds is 6. The Labute approximate surface area is 107 Å². The molecule has 0 saturated carbocycles. The van der Waals surface area contributed by atoms with Gasteiger partial charge < -0.3 is 14.8 Å². The molecule has 1 aromatic carbocycles. The van der Waals surface area contributed by atoms with Crippen molar-refractivity contribution >= 4 is 0 Å². The maximum Gasteiger partial charge on any atom is 0.169 e. The third-order valence-corrected chi connectivity index (χ3v) is 3.33. The Kier molecular flexibility index (Phi) is 4.96. The number of benzene rings is 1. The molecule has 1 heterocycles. The molecular formula is C14H20FNO2. The van der Waals surface area contributed by atoms with Crippen molar-refractivity contribution in [1.29, 1.82) is 0 Å². The summed E-state index contributed by atoms with van der Waals surface area (Å²) in [5.74, 6) is 0.697. The number of halogens is 1. The highest BCUT2D eigenvalue weighted by Crippen LogP contribution is 2.20. The lowest BCUT2D eigenvalue weighted by Crippen LogP contribution is -2.18. The molecule has 1 fully saturated rings. The standard InChI is InChI=1S/C14H20FNO2/c1-17-13-4-2-3-12(14(13)15)9-16-7-5-11-6-8-18-10-11/h2-4,11,16H,5-10H2,1H3. The summed E-state index contributed by atoms with van der Waals surface area (Å²) in [6.45, 7) is 3.19. The molecule has 1 aliphatic rings. The van der Waals surface area contributed by atoms with Crippen LogP contribution in [-0.2, 0) is 11.3 Å². The molecule has 1 unspecified atom stereocenters. The summed E-state index contributed by atoms with van der Waals surface area (Å²) in [4.78, 5) is 0. The van der Waals surface area contributed by atoms with Crippen molar-refractivity contribution in [3.05, 3.63) is 29.6 Å². The van der Waals surface area contributed by atoms with E-state index >= 15 is 0 Å². The topological polar surface area (TPSA) is 30.5 Å². The minimum absolute atomic E-state index is 0.267. The number of ether oxygens (including phenoxy) is 2. The molecule has 3 nitrogen and oxygen atoms in total. The van der Waals surface area contributed by atoms with Gasteiger partial charge >= 0.3 is 0 Å². The quantitative estimate of drug-likeness (QED) is 0.789. The van der Waals surface area contributed by atoms with E-state index in [9.17, 15) is 4.39 Å². The second-order valence-electron chi connectivity index (χ2n) is 4.63. The first-order valence-electron chi connectivity index (χ1n) is 6.41. The smallest absolute Gasteiger partial charge is 0.169 e. The average Bonchev–Trinajstić information content (AvgIpc) is 2.89. The number of nitrogens with one attached hydrogen (secondary N) is 1. The molecule has 18 heavy (non-hydrogen) atoms. The van der Waals surface area contributed by atoms with Gasteiger partial charge in [0.05, 0.1) is 7.11 Å². The van der Waals surface area contributed by atoms with Crippen molar-refractivity contribution in [2.24, 2.45) is 5.92 Å². The molecule has 0 aromatic heterocycles. The van der Waals surface area contributed by atoms with Gasteiger partial charge in [0.25, 0.3) is 0 Å². The van der Waals surface area contributed by atoms with Gasteiger partial charge in [-0.3, -0.25) is 0 Å². The Morgan fingerprint density at radius 3 is 3.11 bits per heavy atom. The molecule has 0 amide bonds. The molecule has 2 rings (SSSR count). The van der Waals surface area contributed by atoms with Gasteiger partial charge in [-0.05, 0) is 31.4 Å². The number of hydrogen-bond donors (Lipinski definition) is 1. The van der Waals surface area contributed by atoms with Crippen LogP contribution in [0.2, 0.25) is 0 Å². The maximum atomic E-state index is 13.8. The Morgan fingerprint density at radius 1 is 1.50 bits per heavy atom. The van der Waals surface area contributed by atoms with E-state index in [2.05, 4.69) is 5.32 Å². The van der Waals surface area contributed by atoms with E-state index in [1.54, 1.807) is 12.1 Å². The Hall–Kier alpha value is -1.13. The van der Waals surface area contributed by atoms with Crippen LogP contribution in [0.15, 0.2) is 18.2 Å². The number of methoxy groups -OCH3 is 1. The molecule has 100 valence electrons. The van der Waals surface area contributed by atoms with Gasteiger partial charge in [0.2, 0.25) is 0 Å². The molecule has 0 aliphatic carbocycles. The molecule has 1 N–H and O–H groups in total. The number of hydrogen-bond acceptors (Lipinski definition) is 3. The lowest BCUT2D eigenvalue weighted by Gasteiger charge is -2.10. The summed E-state index contributed by atoms with van der Waals surface area (Å²) in [7, 11) is 1.48. The second kappa shape index (κ2) is 6.71. The summed E-state index contributed by atoms with van der Waals surface area (Å²) in [5.41, 5.74) is 0.650. The van der Waals surface area contributed by atoms with Gasteiger partial charge in [0.1, 0.15) is 0 Å². The van der Waals surface area contributed by atoms with Crippen LogP contribution in [0.5, 0.6) is 5.75 Å². The molecule has 0 bridgehead atoms. The van der Waals surface area contributed by atoms with Crippen LogP contribution in [-0.4, -0.2) is 26.9 Å². The summed E-state index contributed by atoms with van der Waals surface area (Å²) in [6.07, 6.45) is 2.24. The Bertz CT molecular complexity index is 378. The van der Waals surface area contributed by atoms with Crippen molar-refractivity contribution in [3.8, 4) is 5.75 Å². The fraction of sp³-hybridized carbons (Fsp3) is 0.571. The van der Waals surface area contributed by atoms with E-state index in [1.165, 1.54) is 7.11 Å². The van der Waals surface area contributed by atoms with Gasteiger partial charge in [-0.2, -0.15) is 0 Å². The van der Waals surface area contributed by atoms with Gasteiger partial charge in [0.15, 0.2) is 11.6 Å². The van der Waals surface area contributed by atoms with E-state index in [-0.39, 0.29) is 5.82 Å². The first kappa shape index (κ1) is 13.3. The molecule has 0 radical (unpaired) electrons. The van der Waals surface area contributed by atoms with Gasteiger partial charge in [0, 0.05) is 25.3 Å². The van der Waals surface area contributed by atoms with E-state index < -0.39 is 0 Å². The Morgan fingerprint density at radius 2 is 2.39 bits per heavy atom. The molecule has 1 aromatic rings. The van der Waals surface area contributed by atoms with E-state index in [4.69, 9.17) is 9.47 Å². The van der Waals surface area contributed by atoms with Crippen LogP contribution >= 0.6 is 0 Å². The minimum Gasteiger partial charge on any atom is -0.494 e. The fourth-order valence-corrected chi connectivity index (χ4v) is 2.19. The van der Waals surface area contributed by atoms with Crippen LogP contribution in [0.4, 0.5) is 4.39 Å². The van der Waals surface area contributed by atoms with Crippen molar-refractivity contribution in [3.63, 3.8) is 0 Å². The predicted molar refractivity (Wildman–Crippen MR) is 68.2 cm³/mol. The monoisotopic (exact) mass is 253 g/mol. The molecular weight excluding hydrogens is 233 g/mol. The minimum atomic E-state index is -0.267. The highest BCUT2D eigenvalue weighted by molar-refractivity contribution is 5.30. The van der Waals surface area contributed by atoms with E-state index in [0.717, 1.165) is 32.6 Å². The van der Waals surface area contributed by atoms with E-state index in [1.807, 2.05) is 6.07 Å². The van der Waals surface area contributed by atoms with Gasteiger partial charge in [-0.1, -0.05) is 12.1 Å². The van der Waals surface area contributed by atoms with Gasteiger partial charge in [-0.25, -0.2) is 4.39 Å². The van der Waals surface area contributed by atoms with Gasteiger partial charge in [-0.15, -0.1) is 0 Å². The Balaban J connectivity index is 1.75. The lowest BCUT2D eigenvalue weighted by atomic mass is 10.1. The first-order chi connectivity index (χ1) is 8.81. The summed E-state index contributed by atoms with van der Waals surface area (Å²) in [6, 6.07) is 5.22. The lowest BCUT2D eigenvalue weighted by molar-refractivity contribution is 0.184. The third kappa shape index (κ3) is 3.43. The molecule has 1 aliphatic heterocycles. The summed E-state index contributed by atoms with van der Waals surface area (Å²) < 4.78 is 24.1. The van der Waals surface area contributed by atoms with Crippen molar-refractivity contribution in [2.45, 2.75) is 19.4 Å². The largest absolute Gasteiger partial charge is 0.494 e. The zero-order valence-electron chi connectivity index (χ0n) is 10.7. The molecule has 1 atom stereocenters. The van der Waals surface area contributed by atoms with Crippen LogP contribution in [0.3, 0.4) is 0 Å². The molecule has 0 spiro atoms. The van der Waals surface area contributed by atoms with Crippen molar-refractivity contribution < 1.29 is 13.9 Å². The summed E-state index contributed by atoms with van der Waals surface area (Å²) >= 11 is 0. The predicted octanol–water partition coefficient (Wildman–Crippen LogP) is 2.35. The normalized spacial score (nSPS) is 19.1. The third-order valence-electron chi connectivity index (χ3n) is 3.33. The van der Waals surface area contributed by atoms with E-state index in [0.29, 0.717) is 23.8 Å². The summed E-state index contributed by atoms with van der Waals surface area (Å²) in [5, 5.41) is 3.27. The molecule has 1 saturated heterocycles. The fourth-order valence-electron chi connectivity index (χ4n) is 2.19. The SMILES string of the molecule is COc1cccc(CNCCC2CCOC2)c1F. The zero-order valence-corrected chi connectivity index (χ0v) is 10.7. The van der Waals surface area contributed by atoms with Crippen molar-refractivity contribution in [1.82, 2.24) is 5.32 Å². The van der Waals surface area contributed by atoms with Crippen LogP contribution in [0, 0.1) is 11.7 Å². The van der Waals surface area contributed by atoms with Crippen LogP contribution in [0.1, 0.15) is 18.4 Å².